The van der Waals surface area contributed by atoms with E-state index in [1.165, 1.54) is 0 Å². The van der Waals surface area contributed by atoms with Crippen LogP contribution in [0.3, 0.4) is 0 Å². The summed E-state index contributed by atoms with van der Waals surface area (Å²) in [6.07, 6.45) is 6.91. The monoisotopic (exact) mass is 294 g/mol. The predicted octanol–water partition coefficient (Wildman–Crippen LogP) is 2.86. The number of nitrogens with two attached hydrogens (primary N) is 1. The van der Waals surface area contributed by atoms with Gasteiger partial charge in [0.1, 0.15) is 5.76 Å². The van der Waals surface area contributed by atoms with E-state index in [1.807, 2.05) is 38.7 Å². The SMILES string of the molecule is CCN(CC)C(=O)[C@@]1(C/C=C\C(O)=C/C(C)C)C[C@@H]1CN. The fourth-order valence-electron chi connectivity index (χ4n) is 2.90. The van der Waals surface area contributed by atoms with Gasteiger partial charge in [-0.2, -0.15) is 0 Å². The van der Waals surface area contributed by atoms with Crippen LogP contribution in [0.4, 0.5) is 0 Å². The molecule has 0 spiro atoms. The van der Waals surface area contributed by atoms with Gasteiger partial charge in [-0.25, -0.2) is 0 Å². The summed E-state index contributed by atoms with van der Waals surface area (Å²) < 4.78 is 0. The van der Waals surface area contributed by atoms with E-state index >= 15 is 0 Å². The molecule has 0 bridgehead atoms. The quantitative estimate of drug-likeness (QED) is 0.534. The first-order chi connectivity index (χ1) is 9.91. The number of rotatable bonds is 8. The Balaban J connectivity index is 2.75. The molecule has 1 fully saturated rings. The van der Waals surface area contributed by atoms with E-state index in [9.17, 15) is 9.90 Å². The van der Waals surface area contributed by atoms with Crippen LogP contribution in [0.15, 0.2) is 24.0 Å². The zero-order valence-electron chi connectivity index (χ0n) is 13.8. The van der Waals surface area contributed by atoms with Crippen LogP contribution in [-0.4, -0.2) is 35.5 Å². The maximum atomic E-state index is 12.7. The summed E-state index contributed by atoms with van der Waals surface area (Å²) >= 11 is 0. The lowest BCUT2D eigenvalue weighted by Gasteiger charge is -2.25. The molecule has 4 heteroatoms. The molecule has 0 aromatic carbocycles. The minimum Gasteiger partial charge on any atom is -0.508 e. The van der Waals surface area contributed by atoms with Gasteiger partial charge in [-0.1, -0.05) is 19.9 Å². The Kier molecular flexibility index (Phi) is 6.46. The van der Waals surface area contributed by atoms with Crippen molar-refractivity contribution >= 4 is 5.91 Å². The summed E-state index contributed by atoms with van der Waals surface area (Å²) in [5, 5.41) is 9.75. The molecule has 120 valence electrons. The molecule has 0 aliphatic heterocycles. The van der Waals surface area contributed by atoms with Crippen LogP contribution >= 0.6 is 0 Å². The van der Waals surface area contributed by atoms with E-state index in [0.29, 0.717) is 18.9 Å². The van der Waals surface area contributed by atoms with Crippen molar-refractivity contribution in [3.63, 3.8) is 0 Å². The third-order valence-electron chi connectivity index (χ3n) is 4.27. The number of allylic oxidation sites excluding steroid dienone is 3. The Morgan fingerprint density at radius 2 is 2.05 bits per heavy atom. The zero-order valence-corrected chi connectivity index (χ0v) is 13.8. The molecule has 0 aromatic heterocycles. The van der Waals surface area contributed by atoms with Crippen LogP contribution in [0.2, 0.25) is 0 Å². The lowest BCUT2D eigenvalue weighted by atomic mass is 9.96. The highest BCUT2D eigenvalue weighted by Gasteiger charge is 2.58. The van der Waals surface area contributed by atoms with Gasteiger partial charge in [0.2, 0.25) is 5.91 Å². The first-order valence-electron chi connectivity index (χ1n) is 7.98. The molecule has 1 aliphatic carbocycles. The van der Waals surface area contributed by atoms with Gasteiger partial charge >= 0.3 is 0 Å². The molecule has 4 nitrogen and oxygen atoms in total. The molecular formula is C17H30N2O2. The van der Waals surface area contributed by atoms with Crippen LogP contribution in [0.25, 0.3) is 0 Å². The molecule has 21 heavy (non-hydrogen) atoms. The number of hydrogen-bond donors (Lipinski definition) is 2. The molecule has 1 aliphatic rings. The minimum atomic E-state index is -0.338. The second kappa shape index (κ2) is 7.64. The molecule has 1 rings (SSSR count). The Morgan fingerprint density at radius 1 is 1.43 bits per heavy atom. The molecule has 0 aromatic rings. The van der Waals surface area contributed by atoms with Crippen molar-refractivity contribution in [3.8, 4) is 0 Å². The molecule has 1 amide bonds. The molecule has 0 radical (unpaired) electrons. The molecular weight excluding hydrogens is 264 g/mol. The van der Waals surface area contributed by atoms with E-state index in [4.69, 9.17) is 5.73 Å². The van der Waals surface area contributed by atoms with Crippen LogP contribution < -0.4 is 5.73 Å². The summed E-state index contributed by atoms with van der Waals surface area (Å²) in [7, 11) is 0. The van der Waals surface area contributed by atoms with Gasteiger partial charge in [0, 0.05) is 13.1 Å². The van der Waals surface area contributed by atoms with Crippen molar-refractivity contribution in [1.82, 2.24) is 4.90 Å². The number of hydrogen-bond acceptors (Lipinski definition) is 3. The normalized spacial score (nSPS) is 25.6. The Morgan fingerprint density at radius 3 is 2.48 bits per heavy atom. The zero-order chi connectivity index (χ0) is 16.0. The maximum Gasteiger partial charge on any atom is 0.229 e. The molecule has 2 atom stereocenters. The van der Waals surface area contributed by atoms with Gasteiger partial charge in [0.15, 0.2) is 0 Å². The molecule has 3 N–H and O–H groups in total. The Labute approximate surface area is 128 Å². The topological polar surface area (TPSA) is 66.6 Å². The van der Waals surface area contributed by atoms with Gasteiger partial charge in [-0.15, -0.1) is 0 Å². The van der Waals surface area contributed by atoms with E-state index < -0.39 is 0 Å². The van der Waals surface area contributed by atoms with Gasteiger partial charge in [0.25, 0.3) is 0 Å². The second-order valence-corrected chi connectivity index (χ2v) is 6.21. The van der Waals surface area contributed by atoms with E-state index in [2.05, 4.69) is 0 Å². The standard InChI is InChI=1S/C17H30N2O2/c1-5-19(6-2)16(21)17(11-14(17)12-18)9-7-8-15(20)10-13(3)4/h7-8,10,13-14,20H,5-6,9,11-12,18H2,1-4H3/b8-7-,15-10+/t14-,17+/m1/s1. The highest BCUT2D eigenvalue weighted by atomic mass is 16.3. The average Bonchev–Trinajstić information content (AvgIpc) is 3.14. The molecule has 1 saturated carbocycles. The van der Waals surface area contributed by atoms with Crippen molar-refractivity contribution < 1.29 is 9.90 Å². The van der Waals surface area contributed by atoms with Gasteiger partial charge in [-0.3, -0.25) is 4.79 Å². The third kappa shape index (κ3) is 4.34. The Bertz CT molecular complexity index is 411. The van der Waals surface area contributed by atoms with E-state index in [0.717, 1.165) is 19.5 Å². The first kappa shape index (κ1) is 17.8. The number of aliphatic hydroxyl groups excluding tert-OH is 1. The summed E-state index contributed by atoms with van der Waals surface area (Å²) in [6.45, 7) is 10.0. The molecule has 0 heterocycles. The highest BCUT2D eigenvalue weighted by Crippen LogP contribution is 2.56. The Hall–Kier alpha value is -1.29. The largest absolute Gasteiger partial charge is 0.508 e. The third-order valence-corrected chi connectivity index (χ3v) is 4.27. The van der Waals surface area contributed by atoms with Gasteiger partial charge in [-0.05, 0) is 57.2 Å². The summed E-state index contributed by atoms with van der Waals surface area (Å²) in [4.78, 5) is 14.6. The minimum absolute atomic E-state index is 0.208. The fraction of sp³-hybridized carbons (Fsp3) is 0.706. The van der Waals surface area contributed by atoms with Crippen LogP contribution in [-0.2, 0) is 4.79 Å². The summed E-state index contributed by atoms with van der Waals surface area (Å²) in [5.74, 6) is 1.05. The number of amides is 1. The van der Waals surface area contributed by atoms with Gasteiger partial charge in [0.05, 0.1) is 5.41 Å². The second-order valence-electron chi connectivity index (χ2n) is 6.21. The summed E-state index contributed by atoms with van der Waals surface area (Å²) in [5.41, 5.74) is 5.43. The molecule has 0 unspecified atom stereocenters. The van der Waals surface area contributed by atoms with Crippen LogP contribution in [0, 0.1) is 17.3 Å². The van der Waals surface area contributed by atoms with Crippen molar-refractivity contribution in [2.75, 3.05) is 19.6 Å². The molecule has 0 saturated heterocycles. The van der Waals surface area contributed by atoms with Gasteiger partial charge < -0.3 is 15.7 Å². The van der Waals surface area contributed by atoms with E-state index in [-0.39, 0.29) is 23.0 Å². The number of aliphatic hydroxyl groups is 1. The maximum absolute atomic E-state index is 12.7. The van der Waals surface area contributed by atoms with E-state index in [1.54, 1.807) is 12.2 Å². The van der Waals surface area contributed by atoms with Crippen molar-refractivity contribution in [1.29, 1.82) is 0 Å². The number of carbonyl (C=O) groups excluding carboxylic acids is 1. The number of nitrogens with zero attached hydrogens (tertiary/aromatic N) is 1. The van der Waals surface area contributed by atoms with Crippen LogP contribution in [0.1, 0.15) is 40.5 Å². The number of carbonyl (C=O) groups is 1. The summed E-state index contributed by atoms with van der Waals surface area (Å²) in [6, 6.07) is 0. The first-order valence-corrected chi connectivity index (χ1v) is 7.98. The average molecular weight is 294 g/mol. The highest BCUT2D eigenvalue weighted by molar-refractivity contribution is 5.86. The van der Waals surface area contributed by atoms with Crippen molar-refractivity contribution in [2.24, 2.45) is 23.0 Å². The smallest absolute Gasteiger partial charge is 0.229 e. The van der Waals surface area contributed by atoms with Crippen LogP contribution in [0.5, 0.6) is 0 Å². The fourth-order valence-corrected chi connectivity index (χ4v) is 2.90. The van der Waals surface area contributed by atoms with Crippen molar-refractivity contribution in [2.45, 2.75) is 40.5 Å². The van der Waals surface area contributed by atoms with Crippen molar-refractivity contribution in [3.05, 3.63) is 24.0 Å². The lowest BCUT2D eigenvalue weighted by Crippen LogP contribution is -2.38. The predicted molar refractivity (Wildman–Crippen MR) is 86.8 cm³/mol. The lowest BCUT2D eigenvalue weighted by molar-refractivity contribution is -0.137.